The van der Waals surface area contributed by atoms with Crippen LogP contribution in [-0.4, -0.2) is 18.0 Å². The summed E-state index contributed by atoms with van der Waals surface area (Å²) >= 11 is 0. The third-order valence-electron chi connectivity index (χ3n) is 3.71. The van der Waals surface area contributed by atoms with Crippen LogP contribution in [0, 0.1) is 6.92 Å². The van der Waals surface area contributed by atoms with Gasteiger partial charge in [-0.15, -0.1) is 0 Å². The number of benzene rings is 2. The van der Waals surface area contributed by atoms with Crippen molar-refractivity contribution in [3.05, 3.63) is 70.8 Å². The molecular formula is C18H19F3N2O. The van der Waals surface area contributed by atoms with Crippen molar-refractivity contribution >= 4 is 6.03 Å². The van der Waals surface area contributed by atoms with E-state index in [0.29, 0.717) is 12.1 Å². The predicted octanol–water partition coefficient (Wildman–Crippen LogP) is 4.36. The second kappa shape index (κ2) is 7.38. The summed E-state index contributed by atoms with van der Waals surface area (Å²) in [6.07, 6.45) is -4.39. The van der Waals surface area contributed by atoms with Crippen LogP contribution in [0.15, 0.2) is 48.5 Å². The van der Waals surface area contributed by atoms with Gasteiger partial charge in [0.05, 0.1) is 5.56 Å². The van der Waals surface area contributed by atoms with Crippen molar-refractivity contribution < 1.29 is 18.0 Å². The van der Waals surface area contributed by atoms with Crippen LogP contribution >= 0.6 is 0 Å². The SMILES string of the molecule is Cc1ccccc1CN(C)C(=O)NCc1cccc(C(F)(F)F)c1. The number of amides is 2. The van der Waals surface area contributed by atoms with Gasteiger partial charge in [-0.1, -0.05) is 36.4 Å². The summed E-state index contributed by atoms with van der Waals surface area (Å²) < 4.78 is 38.0. The first-order chi connectivity index (χ1) is 11.3. The maximum absolute atomic E-state index is 12.7. The fourth-order valence-corrected chi connectivity index (χ4v) is 2.29. The highest BCUT2D eigenvalue weighted by Gasteiger charge is 2.30. The molecule has 0 aliphatic carbocycles. The number of carbonyl (C=O) groups excluding carboxylic acids is 1. The Hall–Kier alpha value is -2.50. The molecule has 3 nitrogen and oxygen atoms in total. The molecule has 0 fully saturated rings. The molecule has 0 saturated carbocycles. The number of carbonyl (C=O) groups is 1. The van der Waals surface area contributed by atoms with E-state index in [1.54, 1.807) is 13.1 Å². The Morgan fingerprint density at radius 3 is 2.50 bits per heavy atom. The predicted molar refractivity (Wildman–Crippen MR) is 86.3 cm³/mol. The molecule has 0 spiro atoms. The highest BCUT2D eigenvalue weighted by Crippen LogP contribution is 2.29. The largest absolute Gasteiger partial charge is 0.416 e. The number of hydrogen-bond acceptors (Lipinski definition) is 1. The smallest absolute Gasteiger partial charge is 0.334 e. The molecular weight excluding hydrogens is 317 g/mol. The second-order valence-electron chi connectivity index (χ2n) is 5.64. The van der Waals surface area contributed by atoms with Crippen LogP contribution in [0.5, 0.6) is 0 Å². The Bertz CT molecular complexity index is 713. The molecule has 0 heterocycles. The van der Waals surface area contributed by atoms with Crippen molar-refractivity contribution in [3.63, 3.8) is 0 Å². The number of alkyl halides is 3. The van der Waals surface area contributed by atoms with Crippen LogP contribution in [0.1, 0.15) is 22.3 Å². The number of nitrogens with one attached hydrogen (secondary N) is 1. The molecule has 2 aromatic carbocycles. The molecule has 128 valence electrons. The fraction of sp³-hybridized carbons (Fsp3) is 0.278. The van der Waals surface area contributed by atoms with Crippen molar-refractivity contribution in [2.45, 2.75) is 26.2 Å². The molecule has 0 radical (unpaired) electrons. The van der Waals surface area contributed by atoms with Gasteiger partial charge in [0.2, 0.25) is 0 Å². The first-order valence-corrected chi connectivity index (χ1v) is 7.47. The first-order valence-electron chi connectivity index (χ1n) is 7.47. The number of rotatable bonds is 4. The van der Waals surface area contributed by atoms with Crippen LogP contribution in [0.4, 0.5) is 18.0 Å². The van der Waals surface area contributed by atoms with Crippen LogP contribution in [0.25, 0.3) is 0 Å². The van der Waals surface area contributed by atoms with E-state index in [-0.39, 0.29) is 12.6 Å². The Labute approximate surface area is 139 Å². The van der Waals surface area contributed by atoms with Gasteiger partial charge in [-0.25, -0.2) is 4.79 Å². The number of urea groups is 1. The van der Waals surface area contributed by atoms with Gasteiger partial charge in [0.15, 0.2) is 0 Å². The Balaban J connectivity index is 1.94. The molecule has 0 aliphatic heterocycles. The first kappa shape index (κ1) is 17.8. The van der Waals surface area contributed by atoms with Gasteiger partial charge in [0.25, 0.3) is 0 Å². The highest BCUT2D eigenvalue weighted by atomic mass is 19.4. The van der Waals surface area contributed by atoms with E-state index in [1.807, 2.05) is 31.2 Å². The minimum absolute atomic E-state index is 0.0425. The van der Waals surface area contributed by atoms with Gasteiger partial charge in [0.1, 0.15) is 0 Å². The second-order valence-corrected chi connectivity index (χ2v) is 5.64. The van der Waals surface area contributed by atoms with Crippen LogP contribution < -0.4 is 5.32 Å². The van der Waals surface area contributed by atoms with Gasteiger partial charge in [-0.2, -0.15) is 13.2 Å². The molecule has 0 unspecified atom stereocenters. The molecule has 0 bridgehead atoms. The number of hydrogen-bond donors (Lipinski definition) is 1. The lowest BCUT2D eigenvalue weighted by Crippen LogP contribution is -2.36. The lowest BCUT2D eigenvalue weighted by Gasteiger charge is -2.19. The molecule has 2 amide bonds. The maximum Gasteiger partial charge on any atom is 0.416 e. The average Bonchev–Trinajstić information content (AvgIpc) is 2.54. The number of aryl methyl sites for hydroxylation is 1. The van der Waals surface area contributed by atoms with Crippen molar-refractivity contribution in [3.8, 4) is 0 Å². The summed E-state index contributed by atoms with van der Waals surface area (Å²) in [4.78, 5) is 13.6. The van der Waals surface area contributed by atoms with Crippen molar-refractivity contribution in [1.29, 1.82) is 0 Å². The summed E-state index contributed by atoms with van der Waals surface area (Å²) in [5.41, 5.74) is 1.79. The van der Waals surface area contributed by atoms with E-state index in [2.05, 4.69) is 5.32 Å². The molecule has 6 heteroatoms. The van der Waals surface area contributed by atoms with Gasteiger partial charge in [0, 0.05) is 20.1 Å². The third-order valence-corrected chi connectivity index (χ3v) is 3.71. The van der Waals surface area contributed by atoms with Crippen molar-refractivity contribution in [1.82, 2.24) is 10.2 Å². The van der Waals surface area contributed by atoms with E-state index in [4.69, 9.17) is 0 Å². The van der Waals surface area contributed by atoms with E-state index in [0.717, 1.165) is 23.3 Å². The van der Waals surface area contributed by atoms with E-state index >= 15 is 0 Å². The zero-order chi connectivity index (χ0) is 17.7. The van der Waals surface area contributed by atoms with Crippen molar-refractivity contribution in [2.24, 2.45) is 0 Å². The minimum Gasteiger partial charge on any atom is -0.334 e. The van der Waals surface area contributed by atoms with Gasteiger partial charge < -0.3 is 10.2 Å². The summed E-state index contributed by atoms with van der Waals surface area (Å²) in [5, 5.41) is 2.64. The lowest BCUT2D eigenvalue weighted by molar-refractivity contribution is -0.137. The maximum atomic E-state index is 12.7. The molecule has 0 aromatic heterocycles. The quantitative estimate of drug-likeness (QED) is 0.884. The summed E-state index contributed by atoms with van der Waals surface area (Å²) in [6, 6.07) is 12.3. The summed E-state index contributed by atoms with van der Waals surface area (Å²) in [6.45, 7) is 2.44. The summed E-state index contributed by atoms with van der Waals surface area (Å²) in [5.74, 6) is 0. The van der Waals surface area contributed by atoms with Gasteiger partial charge >= 0.3 is 12.2 Å². The average molecular weight is 336 g/mol. The van der Waals surface area contributed by atoms with E-state index < -0.39 is 11.7 Å². The minimum atomic E-state index is -4.39. The number of nitrogens with zero attached hydrogens (tertiary/aromatic N) is 1. The molecule has 0 atom stereocenters. The topological polar surface area (TPSA) is 32.3 Å². The molecule has 1 N–H and O–H groups in total. The Morgan fingerprint density at radius 1 is 1.12 bits per heavy atom. The summed E-state index contributed by atoms with van der Waals surface area (Å²) in [7, 11) is 1.65. The fourth-order valence-electron chi connectivity index (χ4n) is 2.29. The molecule has 0 aliphatic rings. The number of halogens is 3. The zero-order valence-electron chi connectivity index (χ0n) is 13.5. The third kappa shape index (κ3) is 4.75. The van der Waals surface area contributed by atoms with Crippen LogP contribution in [-0.2, 0) is 19.3 Å². The monoisotopic (exact) mass is 336 g/mol. The Morgan fingerprint density at radius 2 is 1.83 bits per heavy atom. The highest BCUT2D eigenvalue weighted by molar-refractivity contribution is 5.73. The normalized spacial score (nSPS) is 11.2. The standard InChI is InChI=1S/C18H19F3N2O/c1-13-6-3-4-8-15(13)12-23(2)17(24)22-11-14-7-5-9-16(10-14)18(19,20)21/h3-10H,11-12H2,1-2H3,(H,22,24). The Kier molecular flexibility index (Phi) is 5.49. The van der Waals surface area contributed by atoms with Gasteiger partial charge in [-0.05, 0) is 35.7 Å². The van der Waals surface area contributed by atoms with E-state index in [1.165, 1.54) is 11.0 Å². The van der Waals surface area contributed by atoms with Crippen molar-refractivity contribution in [2.75, 3.05) is 7.05 Å². The van der Waals surface area contributed by atoms with Crippen LogP contribution in [0.2, 0.25) is 0 Å². The molecule has 0 saturated heterocycles. The molecule has 2 aromatic rings. The van der Waals surface area contributed by atoms with Gasteiger partial charge in [-0.3, -0.25) is 0 Å². The molecule has 2 rings (SSSR count). The van der Waals surface area contributed by atoms with Crippen LogP contribution in [0.3, 0.4) is 0 Å². The molecule has 24 heavy (non-hydrogen) atoms. The van der Waals surface area contributed by atoms with E-state index in [9.17, 15) is 18.0 Å². The zero-order valence-corrected chi connectivity index (χ0v) is 13.5. The lowest BCUT2D eigenvalue weighted by atomic mass is 10.1.